The van der Waals surface area contributed by atoms with E-state index in [0.717, 1.165) is 5.84 Å². The molecule has 3 rings (SSSR count). The van der Waals surface area contributed by atoms with E-state index >= 15 is 0 Å². The summed E-state index contributed by atoms with van der Waals surface area (Å²) in [6.07, 6.45) is 4.93. The fraction of sp³-hybridized carbons (Fsp3) is 0.391. The normalized spacial score (nSPS) is 17.8. The third kappa shape index (κ3) is 6.57. The number of nitrogens with one attached hydrogen (secondary N) is 3. The molecule has 1 saturated heterocycles. The summed E-state index contributed by atoms with van der Waals surface area (Å²) in [6.45, 7) is 9.23. The molecule has 0 saturated carbocycles. The van der Waals surface area contributed by atoms with E-state index in [0.29, 0.717) is 48.3 Å². The lowest BCUT2D eigenvalue weighted by molar-refractivity contribution is 0.341. The summed E-state index contributed by atoms with van der Waals surface area (Å²) in [5, 5.41) is 16.9. The Morgan fingerprint density at radius 2 is 2.00 bits per heavy atom. The zero-order valence-corrected chi connectivity index (χ0v) is 19.2. The second-order valence-corrected chi connectivity index (χ2v) is 6.83. The first-order valence-electron chi connectivity index (χ1n) is 10.5. The Hall–Kier alpha value is -3.36. The Balaban J connectivity index is 0.00000121. The van der Waals surface area contributed by atoms with E-state index in [9.17, 15) is 8.78 Å². The summed E-state index contributed by atoms with van der Waals surface area (Å²) in [4.78, 5) is 10.4. The van der Waals surface area contributed by atoms with Crippen LogP contribution in [0.3, 0.4) is 0 Å². The van der Waals surface area contributed by atoms with Crippen LogP contribution in [-0.2, 0) is 0 Å². The summed E-state index contributed by atoms with van der Waals surface area (Å²) in [5.41, 5.74) is 8.09. The van der Waals surface area contributed by atoms with E-state index in [1.807, 2.05) is 18.7 Å². The molecule has 7 nitrogen and oxygen atoms in total. The maximum atomic E-state index is 14.3. The van der Waals surface area contributed by atoms with Gasteiger partial charge in [-0.1, -0.05) is 13.8 Å². The highest BCUT2D eigenvalue weighted by atomic mass is 19.1. The van der Waals surface area contributed by atoms with Crippen molar-refractivity contribution in [3.05, 3.63) is 47.0 Å². The minimum absolute atomic E-state index is 0.0912. The predicted molar refractivity (Wildman–Crippen MR) is 131 cm³/mol. The molecule has 2 heterocycles. The van der Waals surface area contributed by atoms with E-state index in [4.69, 9.17) is 16.6 Å². The van der Waals surface area contributed by atoms with Crippen molar-refractivity contribution in [3.8, 4) is 0 Å². The van der Waals surface area contributed by atoms with E-state index < -0.39 is 12.0 Å². The molecule has 0 unspecified atom stereocenters. The highest BCUT2D eigenvalue weighted by Gasteiger charge is 2.25. The molecule has 0 aliphatic carbocycles. The highest BCUT2D eigenvalue weighted by molar-refractivity contribution is 6.15. The maximum absolute atomic E-state index is 14.3. The van der Waals surface area contributed by atoms with Gasteiger partial charge in [-0.3, -0.25) is 5.41 Å². The molecule has 0 bridgehead atoms. The summed E-state index contributed by atoms with van der Waals surface area (Å²) in [6, 6.07) is 2.79. The monoisotopic (exact) mass is 445 g/mol. The van der Waals surface area contributed by atoms with Gasteiger partial charge in [0.15, 0.2) is 0 Å². The van der Waals surface area contributed by atoms with Crippen molar-refractivity contribution in [3.63, 3.8) is 0 Å². The van der Waals surface area contributed by atoms with Gasteiger partial charge in [-0.05, 0) is 50.0 Å². The van der Waals surface area contributed by atoms with Gasteiger partial charge in [0.05, 0.1) is 18.0 Å². The molecule has 1 atom stereocenters. The largest absolute Gasteiger partial charge is 0.398 e. The first kappa shape index (κ1) is 26.7. The lowest BCUT2D eigenvalue weighted by atomic mass is 9.98. The molecule has 0 radical (unpaired) electrons. The van der Waals surface area contributed by atoms with Crippen LogP contribution in [0.2, 0.25) is 0 Å². The SMILES string of the molecule is C=N.CC.CN/C=C(\C)c1cc(C(=N)C2=CCC(N3CC[C@H](F)C3)=NC=N2)c(N)cc1F. The van der Waals surface area contributed by atoms with Gasteiger partial charge in [0.1, 0.15) is 24.2 Å². The molecule has 9 heteroatoms. The van der Waals surface area contributed by atoms with E-state index in [-0.39, 0.29) is 11.4 Å². The van der Waals surface area contributed by atoms with Crippen LogP contribution >= 0.6 is 0 Å². The number of anilines is 1. The lowest BCUT2D eigenvalue weighted by Gasteiger charge is -2.17. The third-order valence-corrected chi connectivity index (χ3v) is 4.83. The standard InChI is InChI=1S/C20H24F2N6.C2H6.CH3N/c1-12(9-25-2)14-7-15(17(23)8-16(14)22)20(24)18-3-4-19(27-11-26-18)28-6-5-13(21)10-28;2*1-2/h3,7-9,11,13,24-25H,4-6,10,23H2,1-2H3;1-2H3;2H,1H2/b12-9+,24-20?;;/t13-;;/m0../s1. The van der Waals surface area contributed by atoms with Gasteiger partial charge in [0.2, 0.25) is 0 Å². The van der Waals surface area contributed by atoms with Crippen molar-refractivity contribution in [2.24, 2.45) is 9.98 Å². The van der Waals surface area contributed by atoms with Crippen molar-refractivity contribution >= 4 is 35.9 Å². The van der Waals surface area contributed by atoms with Crippen LogP contribution in [0.4, 0.5) is 14.5 Å². The van der Waals surface area contributed by atoms with Gasteiger partial charge in [0, 0.05) is 36.8 Å². The molecular weight excluding hydrogens is 412 g/mol. The number of likely N-dealkylation sites (tertiary alicyclic amines) is 1. The van der Waals surface area contributed by atoms with Gasteiger partial charge >= 0.3 is 0 Å². The second-order valence-electron chi connectivity index (χ2n) is 6.83. The second kappa shape index (κ2) is 13.1. The number of hydrogen-bond acceptors (Lipinski definition) is 7. The number of amidine groups is 1. The molecule has 1 aromatic carbocycles. The molecular formula is C23H33F2N7. The van der Waals surface area contributed by atoms with Crippen molar-refractivity contribution in [2.45, 2.75) is 39.8 Å². The molecule has 2 aliphatic rings. The first-order chi connectivity index (χ1) is 15.4. The maximum Gasteiger partial charge on any atom is 0.132 e. The quantitative estimate of drug-likeness (QED) is 0.407. The number of alkyl halides is 1. The Labute approximate surface area is 188 Å². The lowest BCUT2D eigenvalue weighted by Crippen LogP contribution is -2.28. The molecule has 0 amide bonds. The van der Waals surface area contributed by atoms with Crippen LogP contribution in [-0.4, -0.2) is 55.8 Å². The van der Waals surface area contributed by atoms with Gasteiger partial charge in [-0.2, -0.15) is 0 Å². The molecule has 1 fully saturated rings. The molecule has 5 N–H and O–H groups in total. The van der Waals surface area contributed by atoms with Gasteiger partial charge < -0.3 is 21.4 Å². The summed E-state index contributed by atoms with van der Waals surface area (Å²) in [7, 11) is 1.73. The van der Waals surface area contributed by atoms with Crippen LogP contribution in [0.5, 0.6) is 0 Å². The topological polar surface area (TPSA) is 114 Å². The average molecular weight is 446 g/mol. The van der Waals surface area contributed by atoms with Crippen LogP contribution in [0.25, 0.3) is 5.57 Å². The molecule has 0 spiro atoms. The van der Waals surface area contributed by atoms with E-state index in [1.165, 1.54) is 12.4 Å². The zero-order chi connectivity index (χ0) is 24.3. The van der Waals surface area contributed by atoms with Crippen LogP contribution in [0.1, 0.15) is 44.7 Å². The number of hydrogen-bond donors (Lipinski definition) is 4. The van der Waals surface area contributed by atoms with E-state index in [1.54, 1.807) is 32.3 Å². The number of rotatable bonds is 4. The van der Waals surface area contributed by atoms with Crippen LogP contribution in [0.15, 0.2) is 40.1 Å². The van der Waals surface area contributed by atoms with Crippen molar-refractivity contribution in [2.75, 3.05) is 25.9 Å². The number of aliphatic imine (C=N–C) groups is 2. The third-order valence-electron chi connectivity index (χ3n) is 4.83. The molecule has 1 aromatic rings. The molecule has 2 aliphatic heterocycles. The minimum atomic E-state index is -0.837. The molecule has 0 aromatic heterocycles. The Morgan fingerprint density at radius 3 is 2.59 bits per heavy atom. The van der Waals surface area contributed by atoms with Gasteiger partial charge in [0.25, 0.3) is 0 Å². The summed E-state index contributed by atoms with van der Waals surface area (Å²) in [5.74, 6) is 0.282. The number of nitrogens with two attached hydrogens (primary N) is 1. The van der Waals surface area contributed by atoms with Crippen molar-refractivity contribution in [1.29, 1.82) is 10.8 Å². The number of nitrogens with zero attached hydrogens (tertiary/aromatic N) is 3. The first-order valence-corrected chi connectivity index (χ1v) is 10.5. The number of halogens is 2. The predicted octanol–water partition coefficient (Wildman–Crippen LogP) is 4.41. The number of allylic oxidation sites excluding steroid dienone is 2. The van der Waals surface area contributed by atoms with Crippen molar-refractivity contribution < 1.29 is 8.78 Å². The summed E-state index contributed by atoms with van der Waals surface area (Å²) >= 11 is 0. The van der Waals surface area contributed by atoms with Crippen LogP contribution < -0.4 is 11.1 Å². The van der Waals surface area contributed by atoms with Crippen molar-refractivity contribution in [1.82, 2.24) is 10.2 Å². The number of nitrogen functional groups attached to an aromatic ring is 1. The number of benzene rings is 1. The fourth-order valence-electron chi connectivity index (χ4n) is 3.32. The Bertz CT molecular complexity index is 919. The molecule has 32 heavy (non-hydrogen) atoms. The van der Waals surface area contributed by atoms with E-state index in [2.05, 4.69) is 22.0 Å². The minimum Gasteiger partial charge on any atom is -0.398 e. The van der Waals surface area contributed by atoms with Gasteiger partial charge in [-0.25, -0.2) is 18.8 Å². The smallest absolute Gasteiger partial charge is 0.132 e. The highest BCUT2D eigenvalue weighted by Crippen LogP contribution is 2.26. The Morgan fingerprint density at radius 1 is 1.31 bits per heavy atom. The van der Waals surface area contributed by atoms with Gasteiger partial charge in [-0.15, -0.1) is 0 Å². The summed E-state index contributed by atoms with van der Waals surface area (Å²) < 4.78 is 27.8. The molecule has 174 valence electrons. The average Bonchev–Trinajstić information content (AvgIpc) is 3.08. The van der Waals surface area contributed by atoms with Crippen LogP contribution in [0, 0.1) is 16.6 Å². The zero-order valence-electron chi connectivity index (χ0n) is 19.2. The Kier molecular flexibility index (Phi) is 11.0. The fourth-order valence-corrected chi connectivity index (χ4v) is 3.32.